The van der Waals surface area contributed by atoms with Crippen molar-refractivity contribution in [2.45, 2.75) is 38.2 Å². The second kappa shape index (κ2) is 12.9. The summed E-state index contributed by atoms with van der Waals surface area (Å²) in [6.07, 6.45) is 0.697. The maximum absolute atomic E-state index is 12.6. The molecule has 0 atom stereocenters. The number of nitrogens with zero attached hydrogens (tertiary/aromatic N) is 5. The third-order valence-electron chi connectivity index (χ3n) is 6.19. The molecule has 0 unspecified atom stereocenters. The fraction of sp³-hybridized carbons (Fsp3) is 0.522. The van der Waals surface area contributed by atoms with E-state index in [9.17, 15) is 31.1 Å². The van der Waals surface area contributed by atoms with Crippen molar-refractivity contribution in [1.29, 1.82) is 0 Å². The van der Waals surface area contributed by atoms with E-state index < -0.39 is 24.3 Å². The van der Waals surface area contributed by atoms with Crippen LogP contribution in [0.1, 0.15) is 35.2 Å². The highest BCUT2D eigenvalue weighted by molar-refractivity contribution is 5.93. The van der Waals surface area contributed by atoms with Crippen molar-refractivity contribution in [1.82, 2.24) is 24.6 Å². The zero-order chi connectivity index (χ0) is 29.4. The number of carbonyl (C=O) groups is 3. The Balaban J connectivity index is 0.000000317. The molecule has 2 aromatic rings. The van der Waals surface area contributed by atoms with Gasteiger partial charge in [-0.1, -0.05) is 0 Å². The standard InChI is InChI=1S/C19H25N5O.2C2HF3O2/c1-22-13-16(11-21-22)14-23-8-4-19(15-23)5-9-24(10-6-19)18(25)17-3-2-7-20-12-17;2*3-2(4,5)1(6)7/h2-3,7,11-13H,4-6,8-10,14-15H2,1H3;2*(H,6,7). The van der Waals surface area contributed by atoms with Gasteiger partial charge >= 0.3 is 24.3 Å². The molecule has 2 aliphatic rings. The lowest BCUT2D eigenvalue weighted by molar-refractivity contribution is -0.193. The number of carboxylic acid groups (broad SMARTS) is 2. The van der Waals surface area contributed by atoms with Crippen LogP contribution in [-0.4, -0.2) is 91.2 Å². The fourth-order valence-electron chi connectivity index (χ4n) is 4.24. The smallest absolute Gasteiger partial charge is 0.475 e. The highest BCUT2D eigenvalue weighted by atomic mass is 19.4. The monoisotopic (exact) mass is 567 g/mol. The van der Waals surface area contributed by atoms with Gasteiger partial charge in [-0.3, -0.25) is 19.4 Å². The van der Waals surface area contributed by atoms with Crippen LogP contribution in [0.5, 0.6) is 0 Å². The SMILES string of the molecule is Cn1cc(CN2CCC3(CCN(C(=O)c4cccnc4)CC3)C2)cn1.O=C(O)C(F)(F)F.O=C(O)C(F)(F)F. The first-order valence-electron chi connectivity index (χ1n) is 11.5. The number of hydrogen-bond acceptors (Lipinski definition) is 6. The Morgan fingerprint density at radius 3 is 1.92 bits per heavy atom. The summed E-state index contributed by atoms with van der Waals surface area (Å²) in [5, 5.41) is 18.5. The van der Waals surface area contributed by atoms with E-state index in [0.29, 0.717) is 11.0 Å². The van der Waals surface area contributed by atoms with Crippen LogP contribution >= 0.6 is 0 Å². The van der Waals surface area contributed by atoms with E-state index in [1.54, 1.807) is 12.4 Å². The highest BCUT2D eigenvalue weighted by Crippen LogP contribution is 2.41. The van der Waals surface area contributed by atoms with Gasteiger partial charge in [0.25, 0.3) is 5.91 Å². The van der Waals surface area contributed by atoms with Crippen molar-refractivity contribution in [2.75, 3.05) is 26.2 Å². The van der Waals surface area contributed by atoms with Crippen LogP contribution in [0.15, 0.2) is 36.9 Å². The largest absolute Gasteiger partial charge is 0.490 e. The van der Waals surface area contributed by atoms with Gasteiger partial charge < -0.3 is 15.1 Å². The van der Waals surface area contributed by atoms with Gasteiger partial charge in [-0.25, -0.2) is 9.59 Å². The Bertz CT molecular complexity index is 1090. The average Bonchev–Trinajstić information content (AvgIpc) is 3.45. The number of alkyl halides is 6. The second-order valence-electron chi connectivity index (χ2n) is 9.12. The van der Waals surface area contributed by atoms with Gasteiger partial charge in [0.1, 0.15) is 0 Å². The molecule has 0 radical (unpaired) electrons. The number of carbonyl (C=O) groups excluding carboxylic acids is 1. The lowest BCUT2D eigenvalue weighted by Gasteiger charge is -2.39. The minimum Gasteiger partial charge on any atom is -0.475 e. The first-order chi connectivity index (χ1) is 18.0. The molecular weight excluding hydrogens is 540 g/mol. The summed E-state index contributed by atoms with van der Waals surface area (Å²) in [6.45, 7) is 4.97. The first kappa shape index (κ1) is 31.5. The normalized spacial score (nSPS) is 17.1. The molecule has 39 heavy (non-hydrogen) atoms. The molecule has 2 aromatic heterocycles. The number of aliphatic carboxylic acids is 2. The lowest BCUT2D eigenvalue weighted by Crippen LogP contribution is -2.44. The number of pyridine rings is 1. The number of hydrogen-bond donors (Lipinski definition) is 2. The maximum atomic E-state index is 12.6. The van der Waals surface area contributed by atoms with Crippen molar-refractivity contribution in [3.05, 3.63) is 48.0 Å². The predicted octanol–water partition coefficient (Wildman–Crippen LogP) is 3.21. The first-order valence-corrected chi connectivity index (χ1v) is 11.5. The maximum Gasteiger partial charge on any atom is 0.490 e. The molecule has 0 bridgehead atoms. The molecule has 10 nitrogen and oxygen atoms in total. The molecule has 0 aromatic carbocycles. The summed E-state index contributed by atoms with van der Waals surface area (Å²) in [7, 11) is 1.96. The van der Waals surface area contributed by atoms with Crippen LogP contribution < -0.4 is 0 Å². The molecule has 2 fully saturated rings. The molecule has 0 aliphatic carbocycles. The molecule has 4 rings (SSSR count). The average molecular weight is 567 g/mol. The number of carboxylic acids is 2. The third kappa shape index (κ3) is 9.85. The van der Waals surface area contributed by atoms with Gasteiger partial charge in [-0.15, -0.1) is 0 Å². The van der Waals surface area contributed by atoms with Crippen molar-refractivity contribution < 1.29 is 50.9 Å². The molecular formula is C23H27F6N5O5. The van der Waals surface area contributed by atoms with E-state index in [1.807, 2.05) is 35.0 Å². The van der Waals surface area contributed by atoms with Crippen molar-refractivity contribution in [3.63, 3.8) is 0 Å². The quantitative estimate of drug-likeness (QED) is 0.542. The summed E-state index contributed by atoms with van der Waals surface area (Å²) in [6, 6.07) is 3.68. The Labute approximate surface area is 218 Å². The summed E-state index contributed by atoms with van der Waals surface area (Å²) in [4.78, 5) is 39.0. The summed E-state index contributed by atoms with van der Waals surface area (Å²) in [5.41, 5.74) is 2.36. The lowest BCUT2D eigenvalue weighted by atomic mass is 9.77. The predicted molar refractivity (Wildman–Crippen MR) is 122 cm³/mol. The van der Waals surface area contributed by atoms with Gasteiger partial charge in [0.15, 0.2) is 0 Å². The fourth-order valence-corrected chi connectivity index (χ4v) is 4.24. The highest BCUT2D eigenvalue weighted by Gasteiger charge is 2.41. The minimum absolute atomic E-state index is 0.119. The van der Waals surface area contributed by atoms with Crippen molar-refractivity contribution >= 4 is 17.8 Å². The topological polar surface area (TPSA) is 129 Å². The number of rotatable bonds is 3. The van der Waals surface area contributed by atoms with E-state index in [4.69, 9.17) is 19.8 Å². The molecule has 2 saturated heterocycles. The van der Waals surface area contributed by atoms with E-state index in [1.165, 1.54) is 12.0 Å². The van der Waals surface area contributed by atoms with Gasteiger partial charge in [-0.2, -0.15) is 31.4 Å². The summed E-state index contributed by atoms with van der Waals surface area (Å²) in [5.74, 6) is -5.40. The van der Waals surface area contributed by atoms with Crippen LogP contribution in [0.25, 0.3) is 0 Å². The minimum atomic E-state index is -5.08. The van der Waals surface area contributed by atoms with Crippen LogP contribution in [0, 0.1) is 5.41 Å². The van der Waals surface area contributed by atoms with E-state index in [0.717, 1.165) is 45.6 Å². The van der Waals surface area contributed by atoms with Crippen molar-refractivity contribution in [2.24, 2.45) is 12.5 Å². The Kier molecular flexibility index (Phi) is 10.4. The molecule has 2 N–H and O–H groups in total. The number of aromatic nitrogens is 3. The molecule has 216 valence electrons. The van der Waals surface area contributed by atoms with Gasteiger partial charge in [0.2, 0.25) is 0 Å². The number of piperidine rings is 1. The number of likely N-dealkylation sites (tertiary alicyclic amines) is 2. The number of amides is 1. The van der Waals surface area contributed by atoms with E-state index >= 15 is 0 Å². The van der Waals surface area contributed by atoms with Crippen LogP contribution in [0.4, 0.5) is 26.3 Å². The molecule has 1 amide bonds. The Morgan fingerprint density at radius 2 is 1.49 bits per heavy atom. The zero-order valence-corrected chi connectivity index (χ0v) is 20.7. The zero-order valence-electron chi connectivity index (χ0n) is 20.7. The molecule has 2 aliphatic heterocycles. The third-order valence-corrected chi connectivity index (χ3v) is 6.19. The number of halogens is 6. The van der Waals surface area contributed by atoms with Crippen LogP contribution in [0.2, 0.25) is 0 Å². The second-order valence-corrected chi connectivity index (χ2v) is 9.12. The van der Waals surface area contributed by atoms with E-state index in [2.05, 4.69) is 21.2 Å². The molecule has 4 heterocycles. The van der Waals surface area contributed by atoms with Gasteiger partial charge in [0.05, 0.1) is 11.8 Å². The van der Waals surface area contributed by atoms with Crippen molar-refractivity contribution in [3.8, 4) is 0 Å². The molecule has 16 heteroatoms. The summed E-state index contributed by atoms with van der Waals surface area (Å²) < 4.78 is 65.3. The Morgan fingerprint density at radius 1 is 0.949 bits per heavy atom. The van der Waals surface area contributed by atoms with Crippen LogP contribution in [-0.2, 0) is 23.2 Å². The summed E-state index contributed by atoms with van der Waals surface area (Å²) >= 11 is 0. The number of aryl methyl sites for hydroxylation is 1. The Hall–Kier alpha value is -3.69. The van der Waals surface area contributed by atoms with Crippen LogP contribution in [0.3, 0.4) is 0 Å². The van der Waals surface area contributed by atoms with Gasteiger partial charge in [-0.05, 0) is 43.4 Å². The molecule has 0 saturated carbocycles. The van der Waals surface area contributed by atoms with Gasteiger partial charge in [0, 0.05) is 57.4 Å². The van der Waals surface area contributed by atoms with E-state index in [-0.39, 0.29) is 5.91 Å². The molecule has 1 spiro atoms.